The van der Waals surface area contributed by atoms with Crippen molar-refractivity contribution < 1.29 is 9.59 Å². The summed E-state index contributed by atoms with van der Waals surface area (Å²) in [4.78, 5) is 28.5. The van der Waals surface area contributed by atoms with Gasteiger partial charge >= 0.3 is 0 Å². The van der Waals surface area contributed by atoms with Crippen LogP contribution in [0, 0.1) is 0 Å². The number of rotatable bonds is 3. The standard InChI is InChI=1S/C17H21Cl2N3O2/c18-13-4-1-5-14(19)16(13)17(24)22-9-7-21(8-10-22)15(23)11-12-3-2-6-20-12/h1,4-5,12,20H,2-3,6-11H2. The molecule has 24 heavy (non-hydrogen) atoms. The van der Waals surface area contributed by atoms with Crippen molar-refractivity contribution in [3.05, 3.63) is 33.8 Å². The van der Waals surface area contributed by atoms with E-state index in [9.17, 15) is 9.59 Å². The first kappa shape index (κ1) is 17.5. The molecule has 2 aliphatic rings. The van der Waals surface area contributed by atoms with Gasteiger partial charge in [0.15, 0.2) is 0 Å². The van der Waals surface area contributed by atoms with Gasteiger partial charge in [-0.2, -0.15) is 0 Å². The number of carbonyl (C=O) groups excluding carboxylic acids is 2. The Balaban J connectivity index is 1.56. The maximum Gasteiger partial charge on any atom is 0.257 e. The summed E-state index contributed by atoms with van der Waals surface area (Å²) in [5.41, 5.74) is 0.343. The molecule has 2 aliphatic heterocycles. The van der Waals surface area contributed by atoms with Crippen molar-refractivity contribution in [2.24, 2.45) is 0 Å². The number of carbonyl (C=O) groups is 2. The molecule has 0 bridgehead atoms. The van der Waals surface area contributed by atoms with Crippen molar-refractivity contribution in [1.82, 2.24) is 15.1 Å². The second-order valence-corrected chi connectivity index (χ2v) is 7.08. The minimum Gasteiger partial charge on any atom is -0.339 e. The first-order valence-electron chi connectivity index (χ1n) is 8.30. The van der Waals surface area contributed by atoms with Gasteiger partial charge in [0.25, 0.3) is 5.91 Å². The normalized spacial score (nSPS) is 21.2. The van der Waals surface area contributed by atoms with Gasteiger partial charge in [0.05, 0.1) is 15.6 Å². The maximum atomic E-state index is 12.6. The van der Waals surface area contributed by atoms with E-state index in [-0.39, 0.29) is 11.8 Å². The molecule has 3 rings (SSSR count). The number of nitrogens with zero attached hydrogens (tertiary/aromatic N) is 2. The molecule has 130 valence electrons. The van der Waals surface area contributed by atoms with Crippen LogP contribution in [0.15, 0.2) is 18.2 Å². The predicted octanol–water partition coefficient (Wildman–Crippen LogP) is 2.42. The molecule has 1 unspecified atom stereocenters. The third kappa shape index (κ3) is 3.85. The van der Waals surface area contributed by atoms with Gasteiger partial charge < -0.3 is 15.1 Å². The zero-order valence-corrected chi connectivity index (χ0v) is 14.9. The van der Waals surface area contributed by atoms with Crippen molar-refractivity contribution >= 4 is 35.0 Å². The highest BCUT2D eigenvalue weighted by atomic mass is 35.5. The highest BCUT2D eigenvalue weighted by Crippen LogP contribution is 2.26. The Morgan fingerprint density at radius 1 is 1.08 bits per heavy atom. The van der Waals surface area contributed by atoms with Crippen molar-refractivity contribution in [2.75, 3.05) is 32.7 Å². The number of halogens is 2. The maximum absolute atomic E-state index is 12.6. The van der Waals surface area contributed by atoms with Gasteiger partial charge in [0.1, 0.15) is 0 Å². The highest BCUT2D eigenvalue weighted by Gasteiger charge is 2.28. The third-order valence-electron chi connectivity index (χ3n) is 4.68. The Morgan fingerprint density at radius 3 is 2.29 bits per heavy atom. The Hall–Kier alpha value is -1.30. The number of benzene rings is 1. The Kier molecular flexibility index (Phi) is 5.64. The van der Waals surface area contributed by atoms with E-state index >= 15 is 0 Å². The van der Waals surface area contributed by atoms with Gasteiger partial charge in [-0.3, -0.25) is 9.59 Å². The van der Waals surface area contributed by atoms with Gasteiger partial charge in [-0.05, 0) is 31.5 Å². The molecule has 1 N–H and O–H groups in total. The molecule has 0 aliphatic carbocycles. The van der Waals surface area contributed by atoms with Crippen molar-refractivity contribution in [1.29, 1.82) is 0 Å². The molecule has 0 spiro atoms. The zero-order chi connectivity index (χ0) is 17.1. The minimum atomic E-state index is -0.171. The quantitative estimate of drug-likeness (QED) is 0.889. The lowest BCUT2D eigenvalue weighted by Gasteiger charge is -2.35. The average molecular weight is 370 g/mol. The summed E-state index contributed by atoms with van der Waals surface area (Å²) in [7, 11) is 0. The van der Waals surface area contributed by atoms with Crippen LogP contribution in [0.1, 0.15) is 29.6 Å². The molecular formula is C17H21Cl2N3O2. The second-order valence-electron chi connectivity index (χ2n) is 6.27. The molecule has 7 heteroatoms. The predicted molar refractivity (Wildman–Crippen MR) is 94.6 cm³/mol. The summed E-state index contributed by atoms with van der Waals surface area (Å²) in [6, 6.07) is 5.35. The topological polar surface area (TPSA) is 52.7 Å². The van der Waals surface area contributed by atoms with Crippen molar-refractivity contribution in [3.63, 3.8) is 0 Å². The summed E-state index contributed by atoms with van der Waals surface area (Å²) in [5.74, 6) is -0.00701. The number of hydrogen-bond acceptors (Lipinski definition) is 3. The lowest BCUT2D eigenvalue weighted by atomic mass is 10.1. The van der Waals surface area contributed by atoms with E-state index < -0.39 is 0 Å². The van der Waals surface area contributed by atoms with Gasteiger partial charge in [-0.25, -0.2) is 0 Å². The molecule has 2 amide bonds. The van der Waals surface area contributed by atoms with E-state index in [2.05, 4.69) is 5.32 Å². The summed E-state index contributed by atoms with van der Waals surface area (Å²) in [5, 5.41) is 4.07. The van der Waals surface area contributed by atoms with Crippen LogP contribution in [0.25, 0.3) is 0 Å². The Labute approximate surface area is 151 Å². The molecule has 1 atom stereocenters. The fraction of sp³-hybridized carbons (Fsp3) is 0.529. The monoisotopic (exact) mass is 369 g/mol. The molecule has 5 nitrogen and oxygen atoms in total. The summed E-state index contributed by atoms with van der Waals surface area (Å²) in [6.07, 6.45) is 2.75. The number of nitrogens with one attached hydrogen (secondary N) is 1. The molecule has 1 aromatic carbocycles. The lowest BCUT2D eigenvalue weighted by Crippen LogP contribution is -2.51. The smallest absolute Gasteiger partial charge is 0.257 e. The lowest BCUT2D eigenvalue weighted by molar-refractivity contribution is -0.133. The fourth-order valence-electron chi connectivity index (χ4n) is 3.29. The van der Waals surface area contributed by atoms with Gasteiger partial charge in [-0.15, -0.1) is 0 Å². The molecule has 1 aromatic rings. The SMILES string of the molecule is O=C(CC1CCCN1)N1CCN(C(=O)c2c(Cl)cccc2Cl)CC1. The molecule has 0 radical (unpaired) electrons. The van der Waals surface area contributed by atoms with Crippen LogP contribution in [0.2, 0.25) is 10.0 Å². The molecule has 2 heterocycles. The van der Waals surface area contributed by atoms with Gasteiger partial charge in [-0.1, -0.05) is 29.3 Å². The highest BCUT2D eigenvalue weighted by molar-refractivity contribution is 6.39. The zero-order valence-electron chi connectivity index (χ0n) is 13.4. The van der Waals surface area contributed by atoms with Crippen LogP contribution in [0.3, 0.4) is 0 Å². The number of hydrogen-bond donors (Lipinski definition) is 1. The molecular weight excluding hydrogens is 349 g/mol. The number of amides is 2. The van der Waals surface area contributed by atoms with E-state index in [4.69, 9.17) is 23.2 Å². The molecule has 2 saturated heterocycles. The summed E-state index contributed by atoms with van der Waals surface area (Å²) < 4.78 is 0. The second kappa shape index (κ2) is 7.72. The molecule has 0 aromatic heterocycles. The van der Waals surface area contributed by atoms with Crippen molar-refractivity contribution in [3.8, 4) is 0 Å². The molecule has 2 fully saturated rings. The Morgan fingerprint density at radius 2 is 1.71 bits per heavy atom. The van der Waals surface area contributed by atoms with Gasteiger partial charge in [0, 0.05) is 38.6 Å². The van der Waals surface area contributed by atoms with Crippen LogP contribution < -0.4 is 5.32 Å². The van der Waals surface area contributed by atoms with Crippen LogP contribution >= 0.6 is 23.2 Å². The summed E-state index contributed by atoms with van der Waals surface area (Å²) >= 11 is 12.2. The summed E-state index contributed by atoms with van der Waals surface area (Å²) in [6.45, 7) is 3.12. The third-order valence-corrected chi connectivity index (χ3v) is 5.31. The fourth-order valence-corrected chi connectivity index (χ4v) is 3.85. The van der Waals surface area contributed by atoms with Crippen LogP contribution in [0.5, 0.6) is 0 Å². The van der Waals surface area contributed by atoms with E-state index in [1.54, 1.807) is 23.1 Å². The number of piperazine rings is 1. The van der Waals surface area contributed by atoms with E-state index in [1.165, 1.54) is 0 Å². The van der Waals surface area contributed by atoms with Gasteiger partial charge in [0.2, 0.25) is 5.91 Å². The van der Waals surface area contributed by atoms with Crippen molar-refractivity contribution in [2.45, 2.75) is 25.3 Å². The first-order valence-corrected chi connectivity index (χ1v) is 9.06. The first-order chi connectivity index (χ1) is 11.6. The van der Waals surface area contributed by atoms with Crippen LogP contribution in [-0.4, -0.2) is 60.4 Å². The Bertz CT molecular complexity index is 604. The van der Waals surface area contributed by atoms with E-state index in [0.29, 0.717) is 54.3 Å². The van der Waals surface area contributed by atoms with E-state index in [1.807, 2.05) is 4.90 Å². The molecule has 0 saturated carbocycles. The van der Waals surface area contributed by atoms with E-state index in [0.717, 1.165) is 19.4 Å². The minimum absolute atomic E-state index is 0.164. The van der Waals surface area contributed by atoms with Crippen LogP contribution in [-0.2, 0) is 4.79 Å². The average Bonchev–Trinajstić information content (AvgIpc) is 3.07. The van der Waals surface area contributed by atoms with Crippen LogP contribution in [0.4, 0.5) is 0 Å². The largest absolute Gasteiger partial charge is 0.339 e.